The van der Waals surface area contributed by atoms with E-state index in [4.69, 9.17) is 27.6 Å². The van der Waals surface area contributed by atoms with E-state index in [1.165, 1.54) is 7.11 Å². The Hall–Kier alpha value is -1.52. The Morgan fingerprint density at radius 3 is 2.72 bits per heavy atom. The maximum atomic E-state index is 11.4. The van der Waals surface area contributed by atoms with Gasteiger partial charge < -0.3 is 9.15 Å². The molecule has 4 nitrogen and oxygen atoms in total. The number of hydrogen-bond acceptors (Lipinski definition) is 4. The molecule has 6 heteroatoms. The van der Waals surface area contributed by atoms with Gasteiger partial charge in [-0.25, -0.2) is 9.78 Å². The van der Waals surface area contributed by atoms with E-state index in [1.54, 1.807) is 25.1 Å². The molecule has 0 atom stereocenters. The monoisotopic (exact) mass is 285 g/mol. The quantitative estimate of drug-likeness (QED) is 0.789. The number of halogens is 2. The van der Waals surface area contributed by atoms with Crippen molar-refractivity contribution in [3.8, 4) is 11.5 Å². The number of benzene rings is 1. The Bertz CT molecular complexity index is 607. The Morgan fingerprint density at radius 1 is 1.39 bits per heavy atom. The van der Waals surface area contributed by atoms with E-state index >= 15 is 0 Å². The summed E-state index contributed by atoms with van der Waals surface area (Å²) < 4.78 is 10.0. The Morgan fingerprint density at radius 2 is 2.11 bits per heavy atom. The summed E-state index contributed by atoms with van der Waals surface area (Å²) in [6.07, 6.45) is 0. The second kappa shape index (κ2) is 5.00. The number of carbonyl (C=O) groups is 1. The van der Waals surface area contributed by atoms with Crippen LogP contribution in [0.2, 0.25) is 10.0 Å². The Kier molecular flexibility index (Phi) is 3.59. The SMILES string of the molecule is COC(=O)c1nc(-c2ccc(Cl)cc2Cl)oc1C. The van der Waals surface area contributed by atoms with E-state index in [1.807, 2.05) is 0 Å². The standard InChI is InChI=1S/C12H9Cl2NO3/c1-6-10(12(16)17-2)15-11(18-6)8-4-3-7(13)5-9(8)14/h3-5H,1-2H3. The van der Waals surface area contributed by atoms with Gasteiger partial charge in [-0.2, -0.15) is 0 Å². The molecule has 0 amide bonds. The zero-order chi connectivity index (χ0) is 13.3. The van der Waals surface area contributed by atoms with Crippen LogP contribution in [-0.4, -0.2) is 18.1 Å². The first-order valence-electron chi connectivity index (χ1n) is 5.04. The summed E-state index contributed by atoms with van der Waals surface area (Å²) in [5.41, 5.74) is 0.706. The summed E-state index contributed by atoms with van der Waals surface area (Å²) in [7, 11) is 1.28. The fraction of sp³-hybridized carbons (Fsp3) is 0.167. The summed E-state index contributed by atoms with van der Waals surface area (Å²) in [5, 5.41) is 0.917. The highest BCUT2D eigenvalue weighted by Crippen LogP contribution is 2.30. The lowest BCUT2D eigenvalue weighted by Gasteiger charge is -1.99. The van der Waals surface area contributed by atoms with Gasteiger partial charge in [0.15, 0.2) is 5.69 Å². The van der Waals surface area contributed by atoms with Crippen LogP contribution in [0.3, 0.4) is 0 Å². The molecule has 1 aromatic heterocycles. The predicted octanol–water partition coefficient (Wildman–Crippen LogP) is 3.74. The summed E-state index contributed by atoms with van der Waals surface area (Å²) >= 11 is 11.8. The van der Waals surface area contributed by atoms with Crippen molar-refractivity contribution in [1.82, 2.24) is 4.98 Å². The summed E-state index contributed by atoms with van der Waals surface area (Å²) in [6, 6.07) is 4.92. The van der Waals surface area contributed by atoms with Crippen LogP contribution in [0.15, 0.2) is 22.6 Å². The van der Waals surface area contributed by atoms with E-state index < -0.39 is 5.97 Å². The third-order valence-corrected chi connectivity index (χ3v) is 2.88. The average Bonchev–Trinajstić information content (AvgIpc) is 2.70. The number of methoxy groups -OCH3 is 1. The molecule has 0 N–H and O–H groups in total. The minimum absolute atomic E-state index is 0.138. The molecule has 0 saturated carbocycles. The lowest BCUT2D eigenvalue weighted by atomic mass is 10.2. The van der Waals surface area contributed by atoms with Crippen LogP contribution in [0.5, 0.6) is 0 Å². The second-order valence-electron chi connectivity index (χ2n) is 3.54. The molecule has 0 aliphatic heterocycles. The van der Waals surface area contributed by atoms with Crippen LogP contribution in [-0.2, 0) is 4.74 Å². The molecule has 0 fully saturated rings. The van der Waals surface area contributed by atoms with Crippen LogP contribution in [0.25, 0.3) is 11.5 Å². The van der Waals surface area contributed by atoms with E-state index in [0.717, 1.165) is 0 Å². The first-order chi connectivity index (χ1) is 8.52. The highest BCUT2D eigenvalue weighted by molar-refractivity contribution is 6.36. The number of aryl methyl sites for hydroxylation is 1. The third-order valence-electron chi connectivity index (χ3n) is 2.34. The van der Waals surface area contributed by atoms with Crippen LogP contribution < -0.4 is 0 Å². The van der Waals surface area contributed by atoms with E-state index in [0.29, 0.717) is 21.4 Å². The van der Waals surface area contributed by atoms with Gasteiger partial charge in [0, 0.05) is 5.02 Å². The molecule has 2 rings (SSSR count). The van der Waals surface area contributed by atoms with Crippen LogP contribution in [0.1, 0.15) is 16.2 Å². The summed E-state index contributed by atoms with van der Waals surface area (Å²) in [6.45, 7) is 1.63. The highest BCUT2D eigenvalue weighted by atomic mass is 35.5. The number of aromatic nitrogens is 1. The van der Waals surface area contributed by atoms with Gasteiger partial charge >= 0.3 is 5.97 Å². The van der Waals surface area contributed by atoms with E-state index in [-0.39, 0.29) is 11.6 Å². The van der Waals surface area contributed by atoms with Crippen molar-refractivity contribution < 1.29 is 13.9 Å². The number of nitrogens with zero attached hydrogens (tertiary/aromatic N) is 1. The number of carbonyl (C=O) groups excluding carboxylic acids is 1. The Balaban J connectivity index is 2.49. The molecule has 1 aromatic carbocycles. The molecule has 2 aromatic rings. The highest BCUT2D eigenvalue weighted by Gasteiger charge is 2.19. The zero-order valence-corrected chi connectivity index (χ0v) is 11.2. The normalized spacial score (nSPS) is 10.4. The van der Waals surface area contributed by atoms with Crippen molar-refractivity contribution in [3.63, 3.8) is 0 Å². The molecule has 0 aliphatic carbocycles. The maximum Gasteiger partial charge on any atom is 0.360 e. The minimum Gasteiger partial charge on any atom is -0.464 e. The van der Waals surface area contributed by atoms with Crippen molar-refractivity contribution in [2.75, 3.05) is 7.11 Å². The molecule has 18 heavy (non-hydrogen) atoms. The molecule has 1 heterocycles. The summed E-state index contributed by atoms with van der Waals surface area (Å²) in [4.78, 5) is 15.5. The minimum atomic E-state index is -0.549. The Labute approximate surface area is 113 Å². The average molecular weight is 286 g/mol. The van der Waals surface area contributed by atoms with Gasteiger partial charge in [0.25, 0.3) is 0 Å². The van der Waals surface area contributed by atoms with Gasteiger partial charge in [-0.1, -0.05) is 23.2 Å². The van der Waals surface area contributed by atoms with Crippen molar-refractivity contribution in [2.45, 2.75) is 6.92 Å². The van der Waals surface area contributed by atoms with Gasteiger partial charge in [-0.05, 0) is 25.1 Å². The second-order valence-corrected chi connectivity index (χ2v) is 4.38. The molecule has 0 unspecified atom stereocenters. The lowest BCUT2D eigenvalue weighted by Crippen LogP contribution is -2.03. The van der Waals surface area contributed by atoms with Gasteiger partial charge in [0.1, 0.15) is 5.76 Å². The fourth-order valence-corrected chi connectivity index (χ4v) is 1.95. The molecule has 94 valence electrons. The number of ether oxygens (including phenoxy) is 1. The van der Waals surface area contributed by atoms with Crippen molar-refractivity contribution in [2.24, 2.45) is 0 Å². The first kappa shape index (κ1) is 12.9. The van der Waals surface area contributed by atoms with Gasteiger partial charge in [-0.3, -0.25) is 0 Å². The van der Waals surface area contributed by atoms with Crippen LogP contribution in [0, 0.1) is 6.92 Å². The predicted molar refractivity (Wildman–Crippen MR) is 68.0 cm³/mol. The summed E-state index contributed by atoms with van der Waals surface area (Å²) in [5.74, 6) is 0.0880. The molecule has 0 bridgehead atoms. The van der Waals surface area contributed by atoms with Crippen molar-refractivity contribution in [3.05, 3.63) is 39.7 Å². The molecule has 0 radical (unpaired) electrons. The topological polar surface area (TPSA) is 52.3 Å². The maximum absolute atomic E-state index is 11.4. The molecule has 0 aliphatic rings. The third kappa shape index (κ3) is 2.35. The van der Waals surface area contributed by atoms with Crippen LogP contribution >= 0.6 is 23.2 Å². The van der Waals surface area contributed by atoms with Gasteiger partial charge in [-0.15, -0.1) is 0 Å². The van der Waals surface area contributed by atoms with Gasteiger partial charge in [0.05, 0.1) is 17.7 Å². The van der Waals surface area contributed by atoms with E-state index in [2.05, 4.69) is 9.72 Å². The molecular formula is C12H9Cl2NO3. The van der Waals surface area contributed by atoms with Gasteiger partial charge in [0.2, 0.25) is 5.89 Å². The number of oxazole rings is 1. The number of hydrogen-bond donors (Lipinski definition) is 0. The molecule has 0 saturated heterocycles. The van der Waals surface area contributed by atoms with Crippen LogP contribution in [0.4, 0.5) is 0 Å². The van der Waals surface area contributed by atoms with Crippen molar-refractivity contribution >= 4 is 29.2 Å². The number of rotatable bonds is 2. The van der Waals surface area contributed by atoms with E-state index in [9.17, 15) is 4.79 Å². The number of esters is 1. The molecule has 0 spiro atoms. The smallest absolute Gasteiger partial charge is 0.360 e. The molecular weight excluding hydrogens is 277 g/mol. The lowest BCUT2D eigenvalue weighted by molar-refractivity contribution is 0.0593. The van der Waals surface area contributed by atoms with Crippen molar-refractivity contribution in [1.29, 1.82) is 0 Å². The largest absolute Gasteiger partial charge is 0.464 e. The first-order valence-corrected chi connectivity index (χ1v) is 5.79. The fourth-order valence-electron chi connectivity index (χ4n) is 1.46. The zero-order valence-electron chi connectivity index (χ0n) is 9.66.